The van der Waals surface area contributed by atoms with Gasteiger partial charge in [-0.3, -0.25) is 4.79 Å². The van der Waals surface area contributed by atoms with Crippen molar-refractivity contribution in [1.82, 2.24) is 9.97 Å². The van der Waals surface area contributed by atoms with E-state index in [1.165, 1.54) is 23.5 Å². The lowest BCUT2D eigenvalue weighted by Gasteiger charge is -2.13. The van der Waals surface area contributed by atoms with Crippen molar-refractivity contribution in [1.29, 1.82) is 0 Å². The molecule has 0 amide bonds. The number of furan rings is 1. The number of quaternary nitrogens is 1. The molecule has 4 aromatic rings. The predicted molar refractivity (Wildman–Crippen MR) is 98.6 cm³/mol. The Morgan fingerprint density at radius 3 is 2.92 bits per heavy atom. The predicted octanol–water partition coefficient (Wildman–Crippen LogP) is 2.60. The van der Waals surface area contributed by atoms with Crippen LogP contribution in [0.4, 0.5) is 4.39 Å². The van der Waals surface area contributed by atoms with Gasteiger partial charge in [-0.25, -0.2) is 9.37 Å². The minimum Gasteiger partial charge on any atom is -0.464 e. The summed E-state index contributed by atoms with van der Waals surface area (Å²) in [5.74, 6) is 1.03. The Bertz CT molecular complexity index is 1100. The van der Waals surface area contributed by atoms with Gasteiger partial charge in [0.05, 0.1) is 18.7 Å². The number of aromatic nitrogens is 2. The second kappa shape index (κ2) is 6.86. The number of hydrogen-bond donors (Lipinski definition) is 2. The normalized spacial score (nSPS) is 12.5. The van der Waals surface area contributed by atoms with E-state index in [0.717, 1.165) is 16.0 Å². The van der Waals surface area contributed by atoms with E-state index in [2.05, 4.69) is 9.97 Å². The number of fused-ring (bicyclic) bond motifs is 1. The van der Waals surface area contributed by atoms with Crippen molar-refractivity contribution in [3.8, 4) is 11.3 Å². The van der Waals surface area contributed by atoms with Gasteiger partial charge < -0.3 is 14.3 Å². The molecular formula is C19H17FN3O2S+. The first kappa shape index (κ1) is 16.7. The zero-order chi connectivity index (χ0) is 18.1. The lowest BCUT2D eigenvalue weighted by atomic mass is 10.2. The van der Waals surface area contributed by atoms with Gasteiger partial charge in [-0.2, -0.15) is 0 Å². The van der Waals surface area contributed by atoms with Gasteiger partial charge in [-0.15, -0.1) is 11.3 Å². The van der Waals surface area contributed by atoms with Gasteiger partial charge in [-0.1, -0.05) is 12.1 Å². The number of thiophene rings is 1. The van der Waals surface area contributed by atoms with Crippen molar-refractivity contribution in [3.05, 3.63) is 75.6 Å². The Morgan fingerprint density at radius 1 is 1.27 bits per heavy atom. The van der Waals surface area contributed by atoms with Crippen LogP contribution < -0.4 is 10.5 Å². The van der Waals surface area contributed by atoms with Crippen LogP contribution in [-0.4, -0.2) is 17.0 Å². The number of rotatable bonds is 5. The quantitative estimate of drug-likeness (QED) is 0.568. The topological polar surface area (TPSA) is 63.3 Å². The van der Waals surface area contributed by atoms with E-state index in [1.807, 2.05) is 24.6 Å². The van der Waals surface area contributed by atoms with Crippen molar-refractivity contribution < 1.29 is 13.7 Å². The number of nitrogens with one attached hydrogen (secondary N) is 2. The van der Waals surface area contributed by atoms with Gasteiger partial charge >= 0.3 is 0 Å². The molecular weight excluding hydrogens is 353 g/mol. The number of halogens is 1. The molecule has 2 N–H and O–H groups in total. The highest BCUT2D eigenvalue weighted by Crippen LogP contribution is 2.30. The van der Waals surface area contributed by atoms with E-state index in [9.17, 15) is 9.18 Å². The molecule has 0 aliphatic heterocycles. The standard InChI is InChI=1S/C19H16FN3O2S/c1-23(9-12-4-2-5-13(20)8-12)10-16-21-18(24)17-14(11-26-19(17)22-16)15-6-3-7-25-15/h2-8,11H,9-10H2,1H3,(H,21,22,24)/p+1. The number of benzene rings is 1. The number of nitrogens with zero attached hydrogens (tertiary/aromatic N) is 1. The Morgan fingerprint density at radius 2 is 2.15 bits per heavy atom. The van der Waals surface area contributed by atoms with Crippen LogP contribution in [0.15, 0.2) is 57.3 Å². The lowest BCUT2D eigenvalue weighted by molar-refractivity contribution is -0.908. The van der Waals surface area contributed by atoms with Gasteiger partial charge in [0.15, 0.2) is 5.82 Å². The smallest absolute Gasteiger partial charge is 0.260 e. The van der Waals surface area contributed by atoms with E-state index in [-0.39, 0.29) is 11.4 Å². The third kappa shape index (κ3) is 3.31. The summed E-state index contributed by atoms with van der Waals surface area (Å²) in [4.78, 5) is 21.8. The maximum atomic E-state index is 13.3. The third-order valence-electron chi connectivity index (χ3n) is 4.14. The highest BCUT2D eigenvalue weighted by molar-refractivity contribution is 7.17. The molecule has 0 aliphatic carbocycles. The zero-order valence-electron chi connectivity index (χ0n) is 14.1. The van der Waals surface area contributed by atoms with Crippen molar-refractivity contribution in [3.63, 3.8) is 0 Å². The van der Waals surface area contributed by atoms with Gasteiger partial charge in [0, 0.05) is 16.5 Å². The molecule has 3 aromatic heterocycles. The summed E-state index contributed by atoms with van der Waals surface area (Å²) in [5, 5.41) is 2.44. The summed E-state index contributed by atoms with van der Waals surface area (Å²) in [6, 6.07) is 10.2. The maximum Gasteiger partial charge on any atom is 0.260 e. The molecule has 0 saturated carbocycles. The monoisotopic (exact) mass is 370 g/mol. The molecule has 1 unspecified atom stereocenters. The molecule has 1 atom stereocenters. The molecule has 0 saturated heterocycles. The van der Waals surface area contributed by atoms with Gasteiger partial charge in [0.25, 0.3) is 5.56 Å². The summed E-state index contributed by atoms with van der Waals surface area (Å²) < 4.78 is 18.7. The highest BCUT2D eigenvalue weighted by atomic mass is 32.1. The molecule has 1 aromatic carbocycles. The molecule has 0 radical (unpaired) electrons. The molecule has 3 heterocycles. The molecule has 0 spiro atoms. The SMILES string of the molecule is C[NH+](Cc1cccc(F)c1)Cc1nc2scc(-c3ccco3)c2c(=O)[nH]1. The van der Waals surface area contributed by atoms with Crippen LogP contribution in [0.3, 0.4) is 0 Å². The van der Waals surface area contributed by atoms with E-state index >= 15 is 0 Å². The van der Waals surface area contributed by atoms with Crippen LogP contribution in [0.25, 0.3) is 21.5 Å². The minimum atomic E-state index is -0.243. The molecule has 0 bridgehead atoms. The lowest BCUT2D eigenvalue weighted by Crippen LogP contribution is -3.06. The fraction of sp³-hybridized carbons (Fsp3) is 0.158. The Hall–Kier alpha value is -2.77. The Kier molecular flexibility index (Phi) is 4.40. The van der Waals surface area contributed by atoms with Gasteiger partial charge in [-0.05, 0) is 24.3 Å². The molecule has 26 heavy (non-hydrogen) atoms. The van der Waals surface area contributed by atoms with Gasteiger partial charge in [0.1, 0.15) is 29.5 Å². The van der Waals surface area contributed by atoms with Crippen LogP contribution in [0.1, 0.15) is 11.4 Å². The van der Waals surface area contributed by atoms with Crippen molar-refractivity contribution >= 4 is 21.6 Å². The molecule has 0 fully saturated rings. The number of hydrogen-bond acceptors (Lipinski definition) is 4. The van der Waals surface area contributed by atoms with Crippen molar-refractivity contribution in [2.24, 2.45) is 0 Å². The van der Waals surface area contributed by atoms with Crippen molar-refractivity contribution in [2.75, 3.05) is 7.05 Å². The van der Waals surface area contributed by atoms with Crippen LogP contribution in [0.5, 0.6) is 0 Å². The molecule has 132 valence electrons. The fourth-order valence-electron chi connectivity index (χ4n) is 3.03. The summed E-state index contributed by atoms with van der Waals surface area (Å²) in [5.41, 5.74) is 1.49. The summed E-state index contributed by atoms with van der Waals surface area (Å²) in [6.07, 6.45) is 1.58. The van der Waals surface area contributed by atoms with Crippen LogP contribution in [-0.2, 0) is 13.1 Å². The summed E-state index contributed by atoms with van der Waals surface area (Å²) in [6.45, 7) is 1.18. The van der Waals surface area contributed by atoms with Crippen LogP contribution in [0.2, 0.25) is 0 Å². The zero-order valence-corrected chi connectivity index (χ0v) is 14.9. The maximum absolute atomic E-state index is 13.3. The molecule has 0 aliphatic rings. The average molecular weight is 370 g/mol. The van der Waals surface area contributed by atoms with E-state index in [4.69, 9.17) is 4.42 Å². The summed E-state index contributed by atoms with van der Waals surface area (Å²) in [7, 11) is 1.98. The number of aromatic amines is 1. The van der Waals surface area contributed by atoms with Crippen molar-refractivity contribution in [2.45, 2.75) is 13.1 Å². The Labute approximate surface area is 152 Å². The molecule has 5 nitrogen and oxygen atoms in total. The van der Waals surface area contributed by atoms with Gasteiger partial charge in [0.2, 0.25) is 0 Å². The molecule has 7 heteroatoms. The third-order valence-corrected chi connectivity index (χ3v) is 5.02. The first-order chi connectivity index (χ1) is 12.6. The first-order valence-electron chi connectivity index (χ1n) is 8.20. The second-order valence-electron chi connectivity index (χ2n) is 6.26. The van der Waals surface area contributed by atoms with Crippen LogP contribution in [0, 0.1) is 5.82 Å². The summed E-state index contributed by atoms with van der Waals surface area (Å²) >= 11 is 1.42. The average Bonchev–Trinajstić information content (AvgIpc) is 3.23. The fourth-order valence-corrected chi connectivity index (χ4v) is 3.98. The molecule has 4 rings (SSSR count). The van der Waals surface area contributed by atoms with Crippen LogP contribution >= 0.6 is 11.3 Å². The number of H-pyrrole nitrogens is 1. The van der Waals surface area contributed by atoms with E-state index in [1.54, 1.807) is 18.4 Å². The Balaban J connectivity index is 1.59. The first-order valence-corrected chi connectivity index (χ1v) is 9.08. The highest BCUT2D eigenvalue weighted by Gasteiger charge is 2.16. The minimum absolute atomic E-state index is 0.170. The van der Waals surface area contributed by atoms with E-state index < -0.39 is 0 Å². The second-order valence-corrected chi connectivity index (χ2v) is 7.12. The van der Waals surface area contributed by atoms with E-state index in [0.29, 0.717) is 34.9 Å². The largest absolute Gasteiger partial charge is 0.464 e.